The van der Waals surface area contributed by atoms with E-state index >= 15 is 0 Å². The number of hydrazine groups is 1. The van der Waals surface area contributed by atoms with Gasteiger partial charge >= 0.3 is 0 Å². The van der Waals surface area contributed by atoms with Gasteiger partial charge in [-0.15, -0.1) is 0 Å². The normalized spacial score (nSPS) is 21.4. The van der Waals surface area contributed by atoms with Crippen LogP contribution >= 0.6 is 0 Å². The van der Waals surface area contributed by atoms with Gasteiger partial charge in [0.15, 0.2) is 0 Å². The Balaban J connectivity index is 1.66. The molecule has 0 saturated heterocycles. The molecular formula is C16H18N4. The fraction of sp³-hybridized carbons (Fsp3) is 0.188. The van der Waals surface area contributed by atoms with Gasteiger partial charge in [0.05, 0.1) is 6.04 Å². The van der Waals surface area contributed by atoms with E-state index in [1.54, 1.807) is 0 Å². The van der Waals surface area contributed by atoms with Crippen LogP contribution in [-0.4, -0.2) is 12.0 Å². The van der Waals surface area contributed by atoms with E-state index in [0.717, 1.165) is 12.1 Å². The first-order chi connectivity index (χ1) is 9.86. The maximum absolute atomic E-state index is 5.54. The molecule has 0 amide bonds. The van der Waals surface area contributed by atoms with Crippen LogP contribution in [-0.2, 0) is 0 Å². The summed E-state index contributed by atoms with van der Waals surface area (Å²) in [5.41, 5.74) is 4.95. The fourth-order valence-corrected chi connectivity index (χ4v) is 2.31. The van der Waals surface area contributed by atoms with Gasteiger partial charge in [0, 0.05) is 11.6 Å². The molecular weight excluding hydrogens is 248 g/mol. The van der Waals surface area contributed by atoms with E-state index in [9.17, 15) is 0 Å². The van der Waals surface area contributed by atoms with Gasteiger partial charge in [-0.3, -0.25) is 5.43 Å². The quantitative estimate of drug-likeness (QED) is 0.346. The molecule has 1 fully saturated rings. The maximum Gasteiger partial charge on any atom is 0.210 e. The molecule has 4 nitrogen and oxygen atoms in total. The molecule has 4 heteroatoms. The standard InChI is InChI=1S/C16H18N4/c17-20-16(18-13-9-5-2-6-10-13)19-15-11-14(15)12-7-3-1-4-8-12/h1-10,14-15H,11,17H2,(H2,18,19,20). The van der Waals surface area contributed by atoms with Crippen molar-refractivity contribution in [1.29, 1.82) is 0 Å². The number of rotatable bonds is 3. The smallest absolute Gasteiger partial charge is 0.210 e. The van der Waals surface area contributed by atoms with Gasteiger partial charge in [0.25, 0.3) is 0 Å². The number of hydrogen-bond donors (Lipinski definition) is 3. The lowest BCUT2D eigenvalue weighted by Crippen LogP contribution is -2.36. The average Bonchev–Trinajstić information content (AvgIpc) is 3.28. The molecule has 1 saturated carbocycles. The third-order valence-corrected chi connectivity index (χ3v) is 3.45. The van der Waals surface area contributed by atoms with Gasteiger partial charge in [0.1, 0.15) is 0 Å². The highest BCUT2D eigenvalue weighted by atomic mass is 15.3. The van der Waals surface area contributed by atoms with Gasteiger partial charge < -0.3 is 5.32 Å². The predicted molar refractivity (Wildman–Crippen MR) is 82.4 cm³/mol. The van der Waals surface area contributed by atoms with Crippen molar-refractivity contribution in [3.8, 4) is 0 Å². The van der Waals surface area contributed by atoms with Crippen LogP contribution in [0.2, 0.25) is 0 Å². The molecule has 2 atom stereocenters. The number of aliphatic imine (C=N–C) groups is 1. The van der Waals surface area contributed by atoms with Crippen molar-refractivity contribution in [3.05, 3.63) is 66.2 Å². The molecule has 0 aliphatic heterocycles. The minimum atomic E-state index is 0.305. The Labute approximate surface area is 118 Å². The van der Waals surface area contributed by atoms with Crippen molar-refractivity contribution in [2.45, 2.75) is 18.4 Å². The second kappa shape index (κ2) is 5.75. The third-order valence-electron chi connectivity index (χ3n) is 3.45. The molecule has 0 heterocycles. The Hall–Kier alpha value is -2.33. The van der Waals surface area contributed by atoms with Crippen LogP contribution in [0.25, 0.3) is 0 Å². The molecule has 2 unspecified atom stereocenters. The zero-order valence-electron chi connectivity index (χ0n) is 11.2. The van der Waals surface area contributed by atoms with Gasteiger partial charge in [-0.25, -0.2) is 10.8 Å². The zero-order chi connectivity index (χ0) is 13.8. The van der Waals surface area contributed by atoms with E-state index in [4.69, 9.17) is 5.84 Å². The van der Waals surface area contributed by atoms with Gasteiger partial charge in [-0.1, -0.05) is 48.5 Å². The lowest BCUT2D eigenvalue weighted by Gasteiger charge is -2.08. The van der Waals surface area contributed by atoms with Crippen LogP contribution in [0, 0.1) is 0 Å². The summed E-state index contributed by atoms with van der Waals surface area (Å²) < 4.78 is 0. The fourth-order valence-electron chi connectivity index (χ4n) is 2.31. The number of para-hydroxylation sites is 1. The summed E-state index contributed by atoms with van der Waals surface area (Å²) in [5.74, 6) is 6.66. The molecule has 1 aliphatic carbocycles. The largest absolute Gasteiger partial charge is 0.325 e. The van der Waals surface area contributed by atoms with Crippen LogP contribution in [0.4, 0.5) is 5.69 Å². The summed E-state index contributed by atoms with van der Waals surface area (Å²) in [6, 6.07) is 20.7. The topological polar surface area (TPSA) is 62.4 Å². The highest BCUT2D eigenvalue weighted by Gasteiger charge is 2.38. The van der Waals surface area contributed by atoms with Crippen molar-refractivity contribution in [3.63, 3.8) is 0 Å². The number of hydrogen-bond acceptors (Lipinski definition) is 2. The van der Waals surface area contributed by atoms with Crippen LogP contribution < -0.4 is 16.6 Å². The summed E-state index contributed by atoms with van der Waals surface area (Å²) in [7, 11) is 0. The number of nitrogens with one attached hydrogen (secondary N) is 2. The third kappa shape index (κ3) is 2.97. The number of anilines is 1. The number of benzene rings is 2. The molecule has 2 aromatic rings. The maximum atomic E-state index is 5.54. The minimum absolute atomic E-state index is 0.305. The number of nitrogens with zero attached hydrogens (tertiary/aromatic N) is 1. The molecule has 20 heavy (non-hydrogen) atoms. The molecule has 0 bridgehead atoms. The Morgan fingerprint density at radius 2 is 1.65 bits per heavy atom. The van der Waals surface area contributed by atoms with Crippen LogP contribution in [0.15, 0.2) is 65.7 Å². The van der Waals surface area contributed by atoms with E-state index in [2.05, 4.69) is 40.0 Å². The first-order valence-corrected chi connectivity index (χ1v) is 6.78. The molecule has 0 aromatic heterocycles. The van der Waals surface area contributed by atoms with Crippen molar-refractivity contribution < 1.29 is 0 Å². The molecule has 102 valence electrons. The van der Waals surface area contributed by atoms with Crippen molar-refractivity contribution in [2.24, 2.45) is 10.8 Å². The Morgan fingerprint density at radius 1 is 1.00 bits per heavy atom. The summed E-state index contributed by atoms with van der Waals surface area (Å²) in [4.78, 5) is 4.63. The van der Waals surface area contributed by atoms with E-state index in [0.29, 0.717) is 17.9 Å². The summed E-state index contributed by atoms with van der Waals surface area (Å²) >= 11 is 0. The molecule has 0 spiro atoms. The highest BCUT2D eigenvalue weighted by Crippen LogP contribution is 2.43. The van der Waals surface area contributed by atoms with Crippen molar-refractivity contribution >= 4 is 11.6 Å². The Kier molecular flexibility index (Phi) is 3.65. The first kappa shape index (κ1) is 12.7. The average molecular weight is 266 g/mol. The molecule has 0 radical (unpaired) electrons. The summed E-state index contributed by atoms with van der Waals surface area (Å²) in [5, 5.41) is 3.19. The van der Waals surface area contributed by atoms with E-state index < -0.39 is 0 Å². The van der Waals surface area contributed by atoms with E-state index in [1.165, 1.54) is 5.56 Å². The second-order valence-corrected chi connectivity index (χ2v) is 4.93. The van der Waals surface area contributed by atoms with Crippen molar-refractivity contribution in [1.82, 2.24) is 5.43 Å². The number of nitrogens with two attached hydrogens (primary N) is 1. The molecule has 1 aliphatic rings. The van der Waals surface area contributed by atoms with Crippen LogP contribution in [0.5, 0.6) is 0 Å². The summed E-state index contributed by atoms with van der Waals surface area (Å²) in [6.45, 7) is 0. The molecule has 2 aromatic carbocycles. The molecule has 3 rings (SSSR count). The van der Waals surface area contributed by atoms with Crippen molar-refractivity contribution in [2.75, 3.05) is 5.32 Å². The first-order valence-electron chi connectivity index (χ1n) is 6.78. The molecule has 4 N–H and O–H groups in total. The second-order valence-electron chi connectivity index (χ2n) is 4.93. The lowest BCUT2D eigenvalue weighted by molar-refractivity contribution is 0.939. The van der Waals surface area contributed by atoms with Gasteiger partial charge in [0.2, 0.25) is 5.96 Å². The number of guanidine groups is 1. The SMILES string of the molecule is NNC(=NC1CC1c1ccccc1)Nc1ccccc1. The monoisotopic (exact) mass is 266 g/mol. The van der Waals surface area contributed by atoms with Crippen LogP contribution in [0.1, 0.15) is 17.9 Å². The van der Waals surface area contributed by atoms with Crippen LogP contribution in [0.3, 0.4) is 0 Å². The predicted octanol–water partition coefficient (Wildman–Crippen LogP) is 2.47. The lowest BCUT2D eigenvalue weighted by atomic mass is 10.1. The zero-order valence-corrected chi connectivity index (χ0v) is 11.2. The minimum Gasteiger partial charge on any atom is -0.325 e. The Morgan fingerprint density at radius 3 is 2.30 bits per heavy atom. The van der Waals surface area contributed by atoms with Gasteiger partial charge in [-0.05, 0) is 24.1 Å². The summed E-state index contributed by atoms with van der Waals surface area (Å²) in [6.07, 6.45) is 1.08. The van der Waals surface area contributed by atoms with E-state index in [-0.39, 0.29) is 0 Å². The highest BCUT2D eigenvalue weighted by molar-refractivity contribution is 5.93. The van der Waals surface area contributed by atoms with Gasteiger partial charge in [-0.2, -0.15) is 0 Å². The van der Waals surface area contributed by atoms with E-state index in [1.807, 2.05) is 36.4 Å². The Bertz CT molecular complexity index is 580.